The maximum atomic E-state index is 13.0. The van der Waals surface area contributed by atoms with Crippen molar-refractivity contribution in [1.82, 2.24) is 30.6 Å². The van der Waals surface area contributed by atoms with Crippen LogP contribution in [0.1, 0.15) is 41.2 Å². The second-order valence-electron chi connectivity index (χ2n) is 9.13. The molecule has 0 fully saturated rings. The van der Waals surface area contributed by atoms with Crippen LogP contribution in [0.4, 0.5) is 10.6 Å². The lowest BCUT2D eigenvalue weighted by molar-refractivity contribution is -0.121. The number of nitrogens with zero attached hydrogens (tertiary/aromatic N) is 3. The van der Waals surface area contributed by atoms with Crippen molar-refractivity contribution in [1.29, 1.82) is 0 Å². The first kappa shape index (κ1) is 26.3. The molecule has 0 aliphatic rings. The molecule has 0 saturated carbocycles. The van der Waals surface area contributed by atoms with Gasteiger partial charge in [-0.15, -0.1) is 0 Å². The van der Waals surface area contributed by atoms with E-state index >= 15 is 0 Å². The Labute approximate surface area is 220 Å². The van der Waals surface area contributed by atoms with Crippen molar-refractivity contribution < 1.29 is 9.59 Å². The standard InChI is InChI=1S/C28H31N7O3/c1-17-12-13-22(19(3)31-17)15-29-25(36)16-35-18(2)14-30-26(27(35)37)33-34-28(38)32-20(4)23-11-7-9-21-8-5-6-10-24(21)23/h5-14,20H,15-16H2,1-4H3,(H,29,36)(H,30,33)(H2,32,34,38)/t20-/m1/s1. The Hall–Kier alpha value is -4.73. The second-order valence-corrected chi connectivity index (χ2v) is 9.13. The summed E-state index contributed by atoms with van der Waals surface area (Å²) in [5.41, 5.74) is 8.63. The number of aryl methyl sites for hydroxylation is 3. The molecule has 3 amide bonds. The van der Waals surface area contributed by atoms with Gasteiger partial charge in [-0.05, 0) is 55.7 Å². The van der Waals surface area contributed by atoms with Crippen molar-refractivity contribution in [3.05, 3.63) is 99.4 Å². The summed E-state index contributed by atoms with van der Waals surface area (Å²) in [6, 6.07) is 16.8. The highest BCUT2D eigenvalue weighted by atomic mass is 16.2. The maximum absolute atomic E-state index is 13.0. The molecule has 2 heterocycles. The Morgan fingerprint density at radius 3 is 2.55 bits per heavy atom. The van der Waals surface area contributed by atoms with E-state index in [1.54, 1.807) is 6.92 Å². The summed E-state index contributed by atoms with van der Waals surface area (Å²) in [5.74, 6) is -0.433. The Bertz CT molecular complexity index is 1540. The third kappa shape index (κ3) is 6.15. The average molecular weight is 514 g/mol. The number of carbonyl (C=O) groups excluding carboxylic acids is 2. The van der Waals surface area contributed by atoms with E-state index in [0.29, 0.717) is 12.2 Å². The molecule has 0 bridgehead atoms. The van der Waals surface area contributed by atoms with Gasteiger partial charge in [0.2, 0.25) is 11.7 Å². The lowest BCUT2D eigenvalue weighted by atomic mass is 10.00. The zero-order chi connectivity index (χ0) is 27.2. The van der Waals surface area contributed by atoms with Crippen LogP contribution < -0.4 is 27.0 Å². The molecule has 4 rings (SSSR count). The Balaban J connectivity index is 1.36. The van der Waals surface area contributed by atoms with Crippen molar-refractivity contribution >= 4 is 28.5 Å². The number of rotatable bonds is 8. The normalized spacial score (nSPS) is 11.6. The number of benzene rings is 2. The van der Waals surface area contributed by atoms with E-state index in [1.807, 2.05) is 75.4 Å². The van der Waals surface area contributed by atoms with Crippen LogP contribution in [0.5, 0.6) is 0 Å². The summed E-state index contributed by atoms with van der Waals surface area (Å²) in [6.45, 7) is 7.47. The predicted molar refractivity (Wildman–Crippen MR) is 146 cm³/mol. The number of nitrogens with one attached hydrogen (secondary N) is 4. The van der Waals surface area contributed by atoms with Crippen LogP contribution in [0.3, 0.4) is 0 Å². The van der Waals surface area contributed by atoms with E-state index in [0.717, 1.165) is 33.3 Å². The van der Waals surface area contributed by atoms with Crippen LogP contribution in [0, 0.1) is 20.8 Å². The highest BCUT2D eigenvalue weighted by Gasteiger charge is 2.15. The number of hydrazine groups is 1. The first-order valence-corrected chi connectivity index (χ1v) is 12.3. The van der Waals surface area contributed by atoms with Crippen molar-refractivity contribution in [2.45, 2.75) is 46.8 Å². The molecule has 10 heteroatoms. The first-order chi connectivity index (χ1) is 18.2. The third-order valence-corrected chi connectivity index (χ3v) is 6.30. The number of pyridine rings is 1. The Morgan fingerprint density at radius 1 is 1.00 bits per heavy atom. The molecule has 196 valence electrons. The first-order valence-electron chi connectivity index (χ1n) is 12.3. The lowest BCUT2D eigenvalue weighted by Crippen LogP contribution is -2.42. The minimum Gasteiger partial charge on any atom is -0.350 e. The second kappa shape index (κ2) is 11.5. The number of carbonyl (C=O) groups is 2. The van der Waals surface area contributed by atoms with Gasteiger partial charge in [0.1, 0.15) is 6.54 Å². The van der Waals surface area contributed by atoms with Crippen molar-refractivity contribution in [2.75, 3.05) is 5.43 Å². The molecule has 0 unspecified atom stereocenters. The summed E-state index contributed by atoms with van der Waals surface area (Å²) in [4.78, 5) is 46.6. The quantitative estimate of drug-likeness (QED) is 0.267. The molecule has 2 aromatic carbocycles. The van der Waals surface area contributed by atoms with Crippen molar-refractivity contribution in [3.63, 3.8) is 0 Å². The Kier molecular flexibility index (Phi) is 8.00. The molecule has 4 aromatic rings. The van der Waals surface area contributed by atoms with Gasteiger partial charge < -0.3 is 10.6 Å². The van der Waals surface area contributed by atoms with Gasteiger partial charge in [0.25, 0.3) is 5.56 Å². The molecule has 4 N–H and O–H groups in total. The van der Waals surface area contributed by atoms with E-state index in [-0.39, 0.29) is 24.3 Å². The minimum atomic E-state index is -0.532. The van der Waals surface area contributed by atoms with Gasteiger partial charge >= 0.3 is 6.03 Å². The van der Waals surface area contributed by atoms with Gasteiger partial charge in [-0.25, -0.2) is 9.78 Å². The van der Waals surface area contributed by atoms with Crippen LogP contribution in [0.25, 0.3) is 10.8 Å². The number of fused-ring (bicyclic) bond motifs is 1. The molecule has 10 nitrogen and oxygen atoms in total. The zero-order valence-electron chi connectivity index (χ0n) is 21.8. The molecule has 0 spiro atoms. The van der Waals surface area contributed by atoms with Crippen LogP contribution in [0.2, 0.25) is 0 Å². The number of hydrogen-bond donors (Lipinski definition) is 4. The van der Waals surface area contributed by atoms with Gasteiger partial charge in [-0.3, -0.25) is 30.0 Å². The fourth-order valence-electron chi connectivity index (χ4n) is 4.20. The van der Waals surface area contributed by atoms with Gasteiger partial charge in [-0.2, -0.15) is 0 Å². The molecule has 0 saturated heterocycles. The SMILES string of the molecule is Cc1ccc(CNC(=O)Cn2c(C)cnc(NNC(=O)N[C@H](C)c3cccc4ccccc34)c2=O)c(C)n1. The van der Waals surface area contributed by atoms with Crippen LogP contribution in [-0.2, 0) is 17.9 Å². The molecule has 1 atom stereocenters. The van der Waals surface area contributed by atoms with E-state index in [1.165, 1.54) is 10.8 Å². The highest BCUT2D eigenvalue weighted by Crippen LogP contribution is 2.23. The van der Waals surface area contributed by atoms with Gasteiger partial charge in [0.05, 0.1) is 6.04 Å². The zero-order valence-corrected chi connectivity index (χ0v) is 21.8. The monoisotopic (exact) mass is 513 g/mol. The summed E-state index contributed by atoms with van der Waals surface area (Å²) in [7, 11) is 0. The van der Waals surface area contributed by atoms with E-state index in [4.69, 9.17) is 0 Å². The fourth-order valence-corrected chi connectivity index (χ4v) is 4.20. The summed E-state index contributed by atoms with van der Waals surface area (Å²) >= 11 is 0. The summed E-state index contributed by atoms with van der Waals surface area (Å²) in [5, 5.41) is 7.81. The van der Waals surface area contributed by atoms with E-state index < -0.39 is 11.6 Å². The van der Waals surface area contributed by atoms with Gasteiger partial charge in [-0.1, -0.05) is 48.5 Å². The molecule has 2 aromatic heterocycles. The summed E-state index contributed by atoms with van der Waals surface area (Å²) in [6.07, 6.45) is 1.46. The van der Waals surface area contributed by atoms with E-state index in [9.17, 15) is 14.4 Å². The Morgan fingerprint density at radius 2 is 1.76 bits per heavy atom. The van der Waals surface area contributed by atoms with Gasteiger partial charge in [0.15, 0.2) is 0 Å². The number of amides is 3. The van der Waals surface area contributed by atoms with Crippen molar-refractivity contribution in [2.24, 2.45) is 0 Å². The summed E-state index contributed by atoms with van der Waals surface area (Å²) < 4.78 is 1.29. The lowest BCUT2D eigenvalue weighted by Gasteiger charge is -2.18. The molecular weight excluding hydrogens is 482 g/mol. The molecule has 0 aliphatic heterocycles. The molecule has 0 aliphatic carbocycles. The van der Waals surface area contributed by atoms with Crippen LogP contribution in [-0.4, -0.2) is 26.5 Å². The number of aromatic nitrogens is 3. The average Bonchev–Trinajstić information content (AvgIpc) is 2.89. The van der Waals surface area contributed by atoms with Crippen molar-refractivity contribution in [3.8, 4) is 0 Å². The fraction of sp³-hybridized carbons (Fsp3) is 0.250. The largest absolute Gasteiger partial charge is 0.350 e. The van der Waals surface area contributed by atoms with Gasteiger partial charge in [0, 0.05) is 29.8 Å². The minimum absolute atomic E-state index is 0.102. The maximum Gasteiger partial charge on any atom is 0.333 e. The smallest absolute Gasteiger partial charge is 0.333 e. The molecule has 0 radical (unpaired) electrons. The van der Waals surface area contributed by atoms with E-state index in [2.05, 4.69) is 31.5 Å². The number of hydrogen-bond acceptors (Lipinski definition) is 6. The predicted octanol–water partition coefficient (Wildman–Crippen LogP) is 3.42. The highest BCUT2D eigenvalue weighted by molar-refractivity contribution is 5.86. The number of urea groups is 1. The topological polar surface area (TPSA) is 130 Å². The van der Waals surface area contributed by atoms with Crippen LogP contribution >= 0.6 is 0 Å². The number of anilines is 1. The van der Waals surface area contributed by atoms with Crippen LogP contribution in [0.15, 0.2) is 65.6 Å². The third-order valence-electron chi connectivity index (χ3n) is 6.30. The molecule has 38 heavy (non-hydrogen) atoms. The molecular formula is C28H31N7O3.